The zero-order chi connectivity index (χ0) is 13.2. The standard InChI is InChI=1S/C14H26N2O2.ClH/c1-3-11(2)12(15)13(17)16-7-4-14(10-16)5-8-18-9-6-14;/h11-12H,3-10,15H2,1-2H3;1H. The highest BCUT2D eigenvalue weighted by molar-refractivity contribution is 5.85. The van der Waals surface area contributed by atoms with Crippen molar-refractivity contribution in [1.82, 2.24) is 4.90 Å². The molecule has 0 aliphatic carbocycles. The molecular formula is C14H27ClN2O2. The highest BCUT2D eigenvalue weighted by Gasteiger charge is 2.42. The zero-order valence-corrected chi connectivity index (χ0v) is 12.9. The van der Waals surface area contributed by atoms with E-state index >= 15 is 0 Å². The van der Waals surface area contributed by atoms with Crippen LogP contribution in [0, 0.1) is 11.3 Å². The highest BCUT2D eigenvalue weighted by Crippen LogP contribution is 2.39. The van der Waals surface area contributed by atoms with E-state index in [-0.39, 0.29) is 30.3 Å². The van der Waals surface area contributed by atoms with Crippen molar-refractivity contribution in [2.75, 3.05) is 26.3 Å². The maximum atomic E-state index is 12.3. The summed E-state index contributed by atoms with van der Waals surface area (Å²) in [6.07, 6.45) is 4.26. The van der Waals surface area contributed by atoms with Crippen molar-refractivity contribution < 1.29 is 9.53 Å². The summed E-state index contributed by atoms with van der Waals surface area (Å²) in [7, 11) is 0. The van der Waals surface area contributed by atoms with Crippen molar-refractivity contribution in [2.45, 2.75) is 45.6 Å². The van der Waals surface area contributed by atoms with Gasteiger partial charge >= 0.3 is 0 Å². The average molecular weight is 291 g/mol. The van der Waals surface area contributed by atoms with Gasteiger partial charge in [-0.05, 0) is 30.6 Å². The van der Waals surface area contributed by atoms with Gasteiger partial charge in [0.2, 0.25) is 5.91 Å². The molecule has 4 nitrogen and oxygen atoms in total. The SMILES string of the molecule is CCC(C)C(N)C(=O)N1CCC2(CCOCC2)C1.Cl. The van der Waals surface area contributed by atoms with Gasteiger partial charge in [0.25, 0.3) is 0 Å². The van der Waals surface area contributed by atoms with E-state index in [0.717, 1.165) is 52.0 Å². The molecule has 2 heterocycles. The van der Waals surface area contributed by atoms with Gasteiger partial charge in [-0.1, -0.05) is 20.3 Å². The minimum Gasteiger partial charge on any atom is -0.381 e. The minimum absolute atomic E-state index is 0. The molecule has 0 aromatic rings. The average Bonchev–Trinajstić information content (AvgIpc) is 2.80. The molecular weight excluding hydrogens is 264 g/mol. The van der Waals surface area contributed by atoms with Gasteiger partial charge in [0.15, 0.2) is 0 Å². The second-order valence-electron chi connectivity index (χ2n) is 6.03. The Labute approximate surface area is 122 Å². The Kier molecular flexibility index (Phi) is 6.09. The van der Waals surface area contributed by atoms with Crippen LogP contribution in [0.2, 0.25) is 0 Å². The van der Waals surface area contributed by atoms with Crippen LogP contribution in [0.1, 0.15) is 39.5 Å². The molecule has 0 saturated carbocycles. The quantitative estimate of drug-likeness (QED) is 0.862. The van der Waals surface area contributed by atoms with Crippen LogP contribution < -0.4 is 5.73 Å². The second kappa shape index (κ2) is 6.91. The van der Waals surface area contributed by atoms with Crippen molar-refractivity contribution in [3.8, 4) is 0 Å². The molecule has 112 valence electrons. The van der Waals surface area contributed by atoms with Crippen LogP contribution in [0.3, 0.4) is 0 Å². The molecule has 0 bridgehead atoms. The molecule has 5 heteroatoms. The summed E-state index contributed by atoms with van der Waals surface area (Å²) in [5.41, 5.74) is 6.38. The normalized spacial score (nSPS) is 24.9. The van der Waals surface area contributed by atoms with E-state index in [4.69, 9.17) is 10.5 Å². The minimum atomic E-state index is -0.329. The van der Waals surface area contributed by atoms with E-state index in [2.05, 4.69) is 13.8 Å². The molecule has 2 unspecified atom stereocenters. The monoisotopic (exact) mass is 290 g/mol. The van der Waals surface area contributed by atoms with E-state index < -0.39 is 0 Å². The third-order valence-corrected chi connectivity index (χ3v) is 4.85. The lowest BCUT2D eigenvalue weighted by Gasteiger charge is -2.33. The summed E-state index contributed by atoms with van der Waals surface area (Å²) in [5.74, 6) is 0.413. The number of nitrogens with zero attached hydrogens (tertiary/aromatic N) is 1. The lowest BCUT2D eigenvalue weighted by Crippen LogP contribution is -2.47. The van der Waals surface area contributed by atoms with Crippen LogP contribution in [-0.4, -0.2) is 43.2 Å². The Balaban J connectivity index is 0.00000180. The Morgan fingerprint density at radius 1 is 1.37 bits per heavy atom. The molecule has 2 aliphatic heterocycles. The number of likely N-dealkylation sites (tertiary alicyclic amines) is 1. The molecule has 2 saturated heterocycles. The summed E-state index contributed by atoms with van der Waals surface area (Å²) < 4.78 is 5.43. The number of rotatable bonds is 3. The molecule has 0 aromatic carbocycles. The van der Waals surface area contributed by atoms with Crippen LogP contribution >= 0.6 is 12.4 Å². The first-order valence-electron chi connectivity index (χ1n) is 7.20. The van der Waals surface area contributed by atoms with Crippen LogP contribution in [0.25, 0.3) is 0 Å². The fourth-order valence-electron chi connectivity index (χ4n) is 3.04. The fourth-order valence-corrected chi connectivity index (χ4v) is 3.04. The molecule has 2 rings (SSSR count). The molecule has 2 fully saturated rings. The van der Waals surface area contributed by atoms with Gasteiger partial charge in [-0.25, -0.2) is 0 Å². The van der Waals surface area contributed by atoms with Crippen molar-refractivity contribution in [3.05, 3.63) is 0 Å². The Morgan fingerprint density at radius 2 is 2.00 bits per heavy atom. The third kappa shape index (κ3) is 3.61. The molecule has 0 aromatic heterocycles. The van der Waals surface area contributed by atoms with Gasteiger partial charge in [0.05, 0.1) is 6.04 Å². The lowest BCUT2D eigenvalue weighted by atomic mass is 9.80. The predicted octanol–water partition coefficient (Wildman–Crippen LogP) is 1.81. The molecule has 1 spiro atoms. The number of carbonyl (C=O) groups excluding carboxylic acids is 1. The van der Waals surface area contributed by atoms with E-state index in [1.165, 1.54) is 0 Å². The van der Waals surface area contributed by atoms with Crippen molar-refractivity contribution in [1.29, 1.82) is 0 Å². The molecule has 2 N–H and O–H groups in total. The topological polar surface area (TPSA) is 55.6 Å². The molecule has 2 aliphatic rings. The van der Waals surface area contributed by atoms with Crippen LogP contribution in [0.15, 0.2) is 0 Å². The number of halogens is 1. The number of hydrogen-bond acceptors (Lipinski definition) is 3. The molecule has 19 heavy (non-hydrogen) atoms. The smallest absolute Gasteiger partial charge is 0.239 e. The zero-order valence-electron chi connectivity index (χ0n) is 12.1. The molecule has 1 amide bonds. The van der Waals surface area contributed by atoms with Gasteiger partial charge < -0.3 is 15.4 Å². The Morgan fingerprint density at radius 3 is 2.58 bits per heavy atom. The van der Waals surface area contributed by atoms with Gasteiger partial charge in [-0.3, -0.25) is 4.79 Å². The van der Waals surface area contributed by atoms with E-state index in [1.807, 2.05) is 4.90 Å². The predicted molar refractivity (Wildman–Crippen MR) is 78.4 cm³/mol. The first-order chi connectivity index (χ1) is 8.58. The van der Waals surface area contributed by atoms with Gasteiger partial charge in [-0.2, -0.15) is 0 Å². The summed E-state index contributed by atoms with van der Waals surface area (Å²) in [5, 5.41) is 0. The number of hydrogen-bond donors (Lipinski definition) is 1. The number of ether oxygens (including phenoxy) is 1. The Bertz CT molecular complexity index is 306. The molecule has 0 radical (unpaired) electrons. The van der Waals surface area contributed by atoms with Crippen molar-refractivity contribution in [3.63, 3.8) is 0 Å². The van der Waals surface area contributed by atoms with Gasteiger partial charge in [-0.15, -0.1) is 12.4 Å². The van der Waals surface area contributed by atoms with Gasteiger partial charge in [0.1, 0.15) is 0 Å². The first kappa shape index (κ1) is 16.7. The second-order valence-corrected chi connectivity index (χ2v) is 6.03. The Hall–Kier alpha value is -0.320. The highest BCUT2D eigenvalue weighted by atomic mass is 35.5. The maximum absolute atomic E-state index is 12.3. The summed E-state index contributed by atoms with van der Waals surface area (Å²) >= 11 is 0. The van der Waals surface area contributed by atoms with Crippen molar-refractivity contribution in [2.24, 2.45) is 17.1 Å². The van der Waals surface area contributed by atoms with E-state index in [9.17, 15) is 4.79 Å². The number of carbonyl (C=O) groups is 1. The number of nitrogens with two attached hydrogens (primary N) is 1. The summed E-state index contributed by atoms with van der Waals surface area (Å²) in [6.45, 7) is 7.60. The van der Waals surface area contributed by atoms with Gasteiger partial charge in [0, 0.05) is 26.3 Å². The van der Waals surface area contributed by atoms with Crippen LogP contribution in [-0.2, 0) is 9.53 Å². The van der Waals surface area contributed by atoms with E-state index in [1.54, 1.807) is 0 Å². The molecule has 2 atom stereocenters. The fraction of sp³-hybridized carbons (Fsp3) is 0.929. The first-order valence-corrected chi connectivity index (χ1v) is 7.20. The van der Waals surface area contributed by atoms with E-state index in [0.29, 0.717) is 5.41 Å². The maximum Gasteiger partial charge on any atom is 0.239 e. The van der Waals surface area contributed by atoms with Crippen LogP contribution in [0.5, 0.6) is 0 Å². The number of amides is 1. The van der Waals surface area contributed by atoms with Crippen molar-refractivity contribution >= 4 is 18.3 Å². The van der Waals surface area contributed by atoms with Crippen LogP contribution in [0.4, 0.5) is 0 Å². The third-order valence-electron chi connectivity index (χ3n) is 4.85. The lowest BCUT2D eigenvalue weighted by molar-refractivity contribution is -0.133. The largest absolute Gasteiger partial charge is 0.381 e. The summed E-state index contributed by atoms with van der Waals surface area (Å²) in [4.78, 5) is 14.3. The summed E-state index contributed by atoms with van der Waals surface area (Å²) in [6, 6.07) is -0.329.